The fraction of sp³-hybridized carbons (Fsp3) is 0.412. The van der Waals surface area contributed by atoms with Gasteiger partial charge in [0.1, 0.15) is 6.54 Å². The molecule has 0 saturated carbocycles. The molecule has 1 aliphatic rings. The molecule has 7 nitrogen and oxygen atoms in total. The van der Waals surface area contributed by atoms with Crippen molar-refractivity contribution < 1.29 is 4.42 Å². The van der Waals surface area contributed by atoms with Crippen molar-refractivity contribution in [2.24, 2.45) is 0 Å². The number of fused-ring (bicyclic) bond motifs is 1. The van der Waals surface area contributed by atoms with E-state index in [1.54, 1.807) is 12.4 Å². The molecule has 1 saturated heterocycles. The zero-order valence-corrected chi connectivity index (χ0v) is 13.6. The summed E-state index contributed by atoms with van der Waals surface area (Å²) in [5.74, 6) is 0.423. The van der Waals surface area contributed by atoms with Crippen molar-refractivity contribution in [2.75, 3.05) is 18.0 Å². The third-order valence-electron chi connectivity index (χ3n) is 4.44. The number of aryl methyl sites for hydroxylation is 1. The number of rotatable bonds is 3. The van der Waals surface area contributed by atoms with Gasteiger partial charge in [-0.25, -0.2) is 4.98 Å². The molecule has 124 valence electrons. The quantitative estimate of drug-likeness (QED) is 0.734. The Morgan fingerprint density at radius 2 is 2.00 bits per heavy atom. The van der Waals surface area contributed by atoms with Crippen LogP contribution in [-0.2, 0) is 6.54 Å². The van der Waals surface area contributed by atoms with Gasteiger partial charge in [-0.15, -0.1) is 5.10 Å². The highest BCUT2D eigenvalue weighted by Gasteiger charge is 2.17. The van der Waals surface area contributed by atoms with E-state index in [0.29, 0.717) is 17.3 Å². The van der Waals surface area contributed by atoms with E-state index in [2.05, 4.69) is 20.1 Å². The number of nitrogens with zero attached hydrogens (tertiary/aromatic N) is 5. The Hall–Kier alpha value is -2.70. The summed E-state index contributed by atoms with van der Waals surface area (Å²) in [5, 5.41) is 8.80. The Labute approximate surface area is 138 Å². The molecule has 0 aliphatic carbocycles. The first-order chi connectivity index (χ1) is 11.7. The van der Waals surface area contributed by atoms with Crippen LogP contribution in [0.2, 0.25) is 0 Å². The molecule has 0 unspecified atom stereocenters. The average molecular weight is 325 g/mol. The number of para-hydroxylation sites is 1. The standard InChI is InChI=1S/C17H19N5O2/c1-12-6-5-7-13-15(12)18-11-22(16(13)23)10-14-19-20-17(24-14)21-8-3-2-4-9-21/h5-7,11H,2-4,8-10H2,1H3. The van der Waals surface area contributed by atoms with Crippen LogP contribution >= 0.6 is 0 Å². The predicted molar refractivity (Wildman–Crippen MR) is 90.2 cm³/mol. The lowest BCUT2D eigenvalue weighted by molar-refractivity contribution is 0.449. The van der Waals surface area contributed by atoms with Crippen LogP contribution in [0.15, 0.2) is 33.7 Å². The SMILES string of the molecule is Cc1cccc2c(=O)n(Cc3nnc(N4CCCCC4)o3)cnc12. The molecule has 7 heteroatoms. The van der Waals surface area contributed by atoms with Crippen LogP contribution in [0.5, 0.6) is 0 Å². The van der Waals surface area contributed by atoms with Gasteiger partial charge in [0.15, 0.2) is 0 Å². The first kappa shape index (κ1) is 14.9. The van der Waals surface area contributed by atoms with Crippen LogP contribution in [0.25, 0.3) is 10.9 Å². The summed E-state index contributed by atoms with van der Waals surface area (Å²) in [6.45, 7) is 4.06. The molecular formula is C17H19N5O2. The molecular weight excluding hydrogens is 306 g/mol. The number of benzene rings is 1. The number of piperidine rings is 1. The predicted octanol–water partition coefficient (Wildman–Crippen LogP) is 2.13. The van der Waals surface area contributed by atoms with Gasteiger partial charge in [0, 0.05) is 13.1 Å². The smallest absolute Gasteiger partial charge is 0.318 e. The molecule has 1 fully saturated rings. The van der Waals surface area contributed by atoms with Crippen molar-refractivity contribution in [3.8, 4) is 0 Å². The molecule has 1 aromatic carbocycles. The van der Waals surface area contributed by atoms with Gasteiger partial charge in [0.05, 0.1) is 17.2 Å². The summed E-state index contributed by atoms with van der Waals surface area (Å²) in [6, 6.07) is 6.15. The molecule has 0 amide bonds. The van der Waals surface area contributed by atoms with Crippen LogP contribution in [-0.4, -0.2) is 32.8 Å². The van der Waals surface area contributed by atoms with Gasteiger partial charge in [-0.05, 0) is 37.8 Å². The van der Waals surface area contributed by atoms with Crippen LogP contribution in [0.1, 0.15) is 30.7 Å². The normalized spacial score (nSPS) is 15.1. The fourth-order valence-electron chi connectivity index (χ4n) is 3.12. The minimum absolute atomic E-state index is 0.0959. The minimum atomic E-state index is -0.0959. The Kier molecular flexibility index (Phi) is 3.76. The Morgan fingerprint density at radius 3 is 2.83 bits per heavy atom. The van der Waals surface area contributed by atoms with Crippen molar-refractivity contribution in [1.29, 1.82) is 0 Å². The third kappa shape index (κ3) is 2.66. The van der Waals surface area contributed by atoms with Gasteiger partial charge in [-0.1, -0.05) is 17.2 Å². The van der Waals surface area contributed by atoms with Crippen molar-refractivity contribution >= 4 is 16.9 Å². The Bertz CT molecular complexity index is 924. The molecule has 3 heterocycles. The topological polar surface area (TPSA) is 77.0 Å². The zero-order valence-electron chi connectivity index (χ0n) is 13.6. The van der Waals surface area contributed by atoms with E-state index in [1.807, 2.05) is 19.1 Å². The molecule has 0 spiro atoms. The number of hydrogen-bond donors (Lipinski definition) is 0. The van der Waals surface area contributed by atoms with E-state index in [-0.39, 0.29) is 12.1 Å². The maximum Gasteiger partial charge on any atom is 0.318 e. The fourth-order valence-corrected chi connectivity index (χ4v) is 3.12. The maximum atomic E-state index is 12.6. The second kappa shape index (κ2) is 6.07. The van der Waals surface area contributed by atoms with E-state index in [9.17, 15) is 4.79 Å². The number of anilines is 1. The summed E-state index contributed by atoms with van der Waals surface area (Å²) in [7, 11) is 0. The number of hydrogen-bond acceptors (Lipinski definition) is 6. The lowest BCUT2D eigenvalue weighted by atomic mass is 10.1. The molecule has 0 N–H and O–H groups in total. The lowest BCUT2D eigenvalue weighted by Gasteiger charge is -2.24. The largest absolute Gasteiger partial charge is 0.406 e. The first-order valence-electron chi connectivity index (χ1n) is 8.24. The summed E-state index contributed by atoms with van der Waals surface area (Å²) < 4.78 is 7.24. The van der Waals surface area contributed by atoms with Gasteiger partial charge in [-0.2, -0.15) is 0 Å². The van der Waals surface area contributed by atoms with Crippen molar-refractivity contribution in [2.45, 2.75) is 32.7 Å². The van der Waals surface area contributed by atoms with Gasteiger partial charge in [0.2, 0.25) is 5.89 Å². The first-order valence-corrected chi connectivity index (χ1v) is 8.24. The van der Waals surface area contributed by atoms with E-state index in [0.717, 1.165) is 37.0 Å². The van der Waals surface area contributed by atoms with Crippen LogP contribution < -0.4 is 10.5 Å². The molecule has 3 aromatic rings. The summed E-state index contributed by atoms with van der Waals surface area (Å²) in [4.78, 5) is 19.1. The van der Waals surface area contributed by atoms with Gasteiger partial charge >= 0.3 is 6.01 Å². The van der Waals surface area contributed by atoms with Gasteiger partial charge in [0.25, 0.3) is 5.56 Å². The van der Waals surface area contributed by atoms with Gasteiger partial charge < -0.3 is 9.32 Å². The van der Waals surface area contributed by atoms with Crippen LogP contribution in [0.3, 0.4) is 0 Å². The van der Waals surface area contributed by atoms with Crippen molar-refractivity contribution in [3.63, 3.8) is 0 Å². The monoisotopic (exact) mass is 325 g/mol. The molecule has 1 aliphatic heterocycles. The van der Waals surface area contributed by atoms with Crippen LogP contribution in [0.4, 0.5) is 6.01 Å². The molecule has 0 bridgehead atoms. The Balaban J connectivity index is 1.62. The van der Waals surface area contributed by atoms with E-state index in [1.165, 1.54) is 11.0 Å². The average Bonchev–Trinajstić information content (AvgIpc) is 3.07. The molecule has 2 aromatic heterocycles. The van der Waals surface area contributed by atoms with E-state index >= 15 is 0 Å². The highest BCUT2D eigenvalue weighted by Crippen LogP contribution is 2.18. The van der Waals surface area contributed by atoms with Crippen molar-refractivity contribution in [3.05, 3.63) is 46.3 Å². The van der Waals surface area contributed by atoms with E-state index in [4.69, 9.17) is 4.42 Å². The highest BCUT2D eigenvalue weighted by atomic mass is 16.4. The second-order valence-electron chi connectivity index (χ2n) is 6.17. The third-order valence-corrected chi connectivity index (χ3v) is 4.44. The van der Waals surface area contributed by atoms with Gasteiger partial charge in [-0.3, -0.25) is 9.36 Å². The summed E-state index contributed by atoms with van der Waals surface area (Å²) >= 11 is 0. The second-order valence-corrected chi connectivity index (χ2v) is 6.17. The molecule has 0 atom stereocenters. The zero-order chi connectivity index (χ0) is 16.5. The Morgan fingerprint density at radius 1 is 1.17 bits per heavy atom. The summed E-state index contributed by atoms with van der Waals surface area (Å²) in [6.07, 6.45) is 5.08. The highest BCUT2D eigenvalue weighted by molar-refractivity contribution is 5.80. The summed E-state index contributed by atoms with van der Waals surface area (Å²) in [5.41, 5.74) is 1.63. The molecule has 24 heavy (non-hydrogen) atoms. The van der Waals surface area contributed by atoms with Crippen molar-refractivity contribution in [1.82, 2.24) is 19.7 Å². The lowest BCUT2D eigenvalue weighted by Crippen LogP contribution is -2.29. The minimum Gasteiger partial charge on any atom is -0.406 e. The van der Waals surface area contributed by atoms with Crippen LogP contribution in [0, 0.1) is 6.92 Å². The maximum absolute atomic E-state index is 12.6. The molecule has 0 radical (unpaired) electrons. The number of aromatic nitrogens is 4. The molecule has 4 rings (SSSR count). The van der Waals surface area contributed by atoms with E-state index < -0.39 is 0 Å².